The summed E-state index contributed by atoms with van der Waals surface area (Å²) in [5.41, 5.74) is 6.74. The Labute approximate surface area is 400 Å². The predicted octanol–water partition coefficient (Wildman–Crippen LogP) is 9.38. The monoisotopic (exact) mass is 948 g/mol. The number of aliphatic carboxylic acids is 1. The third-order valence-electron chi connectivity index (χ3n) is 19.5. The fourth-order valence-corrected chi connectivity index (χ4v) is 15.4. The number of allylic oxidation sites excluding steroid dienone is 1. The van der Waals surface area contributed by atoms with Gasteiger partial charge in [-0.2, -0.15) is 0 Å². The number of aromatic nitrogens is 2. The number of esters is 3. The van der Waals surface area contributed by atoms with Crippen molar-refractivity contribution in [1.29, 1.82) is 0 Å². The van der Waals surface area contributed by atoms with Gasteiger partial charge in [0.25, 0.3) is 5.56 Å². The van der Waals surface area contributed by atoms with Crippen molar-refractivity contribution in [3.05, 3.63) is 55.2 Å². The molecule has 13 atom stereocenters. The first-order valence-corrected chi connectivity index (χ1v) is 25.0. The van der Waals surface area contributed by atoms with E-state index >= 15 is 0 Å². The van der Waals surface area contributed by atoms with Gasteiger partial charge in [0, 0.05) is 33.9 Å². The number of ether oxygens (including phenoxy) is 4. The van der Waals surface area contributed by atoms with E-state index in [-0.39, 0.29) is 65.7 Å². The van der Waals surface area contributed by atoms with E-state index in [0.717, 1.165) is 64.2 Å². The number of aryl methyl sites for hydroxylation is 1. The highest BCUT2D eigenvalue weighted by atomic mass is 16.6. The van der Waals surface area contributed by atoms with Crippen LogP contribution in [0, 0.1) is 74.4 Å². The molecule has 0 amide bonds. The molecule has 2 N–H and O–H groups in total. The first kappa shape index (κ1) is 51.4. The number of carboxylic acids is 1. The number of hydrogen-bond donors (Lipinski definition) is 2. The SMILES string of the molecule is C=C(C)[C@@H]1CC[C@]2(COC(=O)CC(C)(C)C(=O)OC[C@H]3O[C@@H](n4cc(C)c(=O)[nH]c4=O)C[C@@H]3N=[N+]=[N-])CC[C@]3(C)[C@H](CC[C@@H]4[C@@]5(C)CC[C@H](OC(=O)CC(C)(C)C(=O)O)C(C)(C)[C@@H]5CC[C@]43C)[C@@H]12. The lowest BCUT2D eigenvalue weighted by atomic mass is 9.32. The van der Waals surface area contributed by atoms with Gasteiger partial charge in [0.2, 0.25) is 0 Å². The highest BCUT2D eigenvalue weighted by Gasteiger charge is 2.71. The quantitative estimate of drug-likeness (QED) is 0.0446. The van der Waals surface area contributed by atoms with Crippen LogP contribution in [0.2, 0.25) is 0 Å². The number of nitrogens with zero attached hydrogens (tertiary/aromatic N) is 4. The van der Waals surface area contributed by atoms with E-state index in [1.807, 2.05) is 0 Å². The van der Waals surface area contributed by atoms with Crippen molar-refractivity contribution in [2.45, 2.75) is 184 Å². The van der Waals surface area contributed by atoms with Gasteiger partial charge in [0.1, 0.15) is 25.0 Å². The van der Waals surface area contributed by atoms with Crippen LogP contribution in [0.1, 0.15) is 164 Å². The van der Waals surface area contributed by atoms with Crippen molar-refractivity contribution >= 4 is 23.9 Å². The molecule has 0 unspecified atom stereocenters. The molecule has 1 saturated heterocycles. The number of carboxylic acid groups (broad SMARTS) is 1. The molecule has 1 aliphatic heterocycles. The van der Waals surface area contributed by atoms with E-state index in [0.29, 0.717) is 35.2 Å². The topological polar surface area (TPSA) is 229 Å². The Balaban J connectivity index is 1.01. The second-order valence-corrected chi connectivity index (χ2v) is 24.7. The predicted molar refractivity (Wildman–Crippen MR) is 253 cm³/mol. The summed E-state index contributed by atoms with van der Waals surface area (Å²) in [4.78, 5) is 82.1. The van der Waals surface area contributed by atoms with Crippen LogP contribution in [0.3, 0.4) is 0 Å². The van der Waals surface area contributed by atoms with Gasteiger partial charge in [0.15, 0.2) is 0 Å². The van der Waals surface area contributed by atoms with Crippen LogP contribution in [0.15, 0.2) is 33.1 Å². The molecule has 0 bridgehead atoms. The highest BCUT2D eigenvalue weighted by Crippen LogP contribution is 2.77. The molecule has 1 aromatic heterocycles. The van der Waals surface area contributed by atoms with E-state index in [2.05, 4.69) is 63.1 Å². The van der Waals surface area contributed by atoms with Crippen molar-refractivity contribution in [2.24, 2.45) is 72.6 Å². The lowest BCUT2D eigenvalue weighted by Gasteiger charge is -2.73. The third-order valence-corrected chi connectivity index (χ3v) is 19.5. The average Bonchev–Trinajstić information content (AvgIpc) is 3.83. The minimum Gasteiger partial charge on any atom is -0.481 e. The Morgan fingerprint density at radius 1 is 0.912 bits per heavy atom. The number of H-pyrrole nitrogens is 1. The molecule has 376 valence electrons. The number of aromatic amines is 1. The van der Waals surface area contributed by atoms with Crippen molar-refractivity contribution in [3.8, 4) is 0 Å². The van der Waals surface area contributed by atoms with Gasteiger partial charge in [-0.1, -0.05) is 51.9 Å². The van der Waals surface area contributed by atoms with Crippen LogP contribution in [0.25, 0.3) is 10.4 Å². The maximum Gasteiger partial charge on any atom is 0.330 e. The summed E-state index contributed by atoms with van der Waals surface area (Å²) < 4.78 is 25.4. The fourth-order valence-electron chi connectivity index (χ4n) is 15.4. The minimum absolute atomic E-state index is 0.0389. The molecule has 0 spiro atoms. The molecule has 6 fully saturated rings. The van der Waals surface area contributed by atoms with Crippen molar-refractivity contribution in [1.82, 2.24) is 9.55 Å². The van der Waals surface area contributed by atoms with E-state index in [4.69, 9.17) is 18.9 Å². The van der Waals surface area contributed by atoms with Crippen LogP contribution in [-0.2, 0) is 38.1 Å². The molecular formula is C52H77N5O11. The highest BCUT2D eigenvalue weighted by molar-refractivity contribution is 5.83. The van der Waals surface area contributed by atoms with E-state index in [1.165, 1.54) is 16.3 Å². The average molecular weight is 948 g/mol. The van der Waals surface area contributed by atoms with Crippen LogP contribution in [0.5, 0.6) is 0 Å². The second kappa shape index (κ2) is 18.1. The molecule has 5 saturated carbocycles. The van der Waals surface area contributed by atoms with Crippen LogP contribution in [-0.4, -0.2) is 70.0 Å². The van der Waals surface area contributed by atoms with E-state index < -0.39 is 64.3 Å². The number of fused-ring (bicyclic) bond motifs is 7. The standard InChI is InChI=1S/C52H77N5O11/c1-29(2)31-15-20-52(28-66-39(58)24-47(6,7)44(63)65-27-34-33(55-56-53)23-38(67-34)57-26-30(3)42(60)54-45(57)64)22-21-50(11)32(41(31)52)13-14-36-49(10)18-17-37(68-40(59)25-46(4,5)43(61)62)48(8,9)35(49)16-19-51(36,50)12/h26,31-38,41H,1,13-25,27-28H2,2-12H3,(H,61,62)(H,54,60,64)/t31-,32+,33-,34+,35-,36+,37-,38+,41+,49-,50+,51+,52+/m0/s1. The van der Waals surface area contributed by atoms with Crippen molar-refractivity contribution in [3.63, 3.8) is 0 Å². The van der Waals surface area contributed by atoms with E-state index in [9.17, 15) is 39.4 Å². The molecule has 1 aromatic rings. The number of hydrogen-bond acceptors (Lipinski definition) is 11. The molecule has 16 heteroatoms. The lowest BCUT2D eigenvalue weighted by Crippen LogP contribution is -2.67. The zero-order valence-electron chi connectivity index (χ0n) is 42.4. The lowest BCUT2D eigenvalue weighted by molar-refractivity contribution is -0.252. The zero-order valence-corrected chi connectivity index (χ0v) is 42.4. The number of azide groups is 1. The molecule has 5 aliphatic carbocycles. The summed E-state index contributed by atoms with van der Waals surface area (Å²) in [7, 11) is 0. The number of nitrogens with one attached hydrogen (secondary N) is 1. The Kier molecular flexibility index (Phi) is 13.7. The van der Waals surface area contributed by atoms with Gasteiger partial charge in [-0.25, -0.2) is 4.79 Å². The van der Waals surface area contributed by atoms with Crippen molar-refractivity contribution in [2.75, 3.05) is 13.2 Å². The summed E-state index contributed by atoms with van der Waals surface area (Å²) in [5, 5.41) is 13.5. The Morgan fingerprint density at radius 2 is 1.60 bits per heavy atom. The smallest absolute Gasteiger partial charge is 0.330 e. The Morgan fingerprint density at radius 3 is 2.26 bits per heavy atom. The Bertz CT molecular complexity index is 2360. The summed E-state index contributed by atoms with van der Waals surface area (Å²) in [6, 6.07) is -0.752. The van der Waals surface area contributed by atoms with Crippen LogP contribution >= 0.6 is 0 Å². The van der Waals surface area contributed by atoms with Crippen LogP contribution in [0.4, 0.5) is 0 Å². The summed E-state index contributed by atoms with van der Waals surface area (Å²) in [6.07, 6.45) is 9.05. The number of carbonyl (C=O) groups is 4. The summed E-state index contributed by atoms with van der Waals surface area (Å²) >= 11 is 0. The second-order valence-electron chi connectivity index (χ2n) is 24.7. The van der Waals surface area contributed by atoms with Gasteiger partial charge >= 0.3 is 29.6 Å². The largest absolute Gasteiger partial charge is 0.481 e. The maximum atomic E-state index is 13.8. The summed E-state index contributed by atoms with van der Waals surface area (Å²) in [6.45, 7) is 26.8. The molecule has 68 heavy (non-hydrogen) atoms. The molecule has 2 heterocycles. The zero-order chi connectivity index (χ0) is 50.2. The molecule has 0 aromatic carbocycles. The fraction of sp³-hybridized carbons (Fsp3) is 0.808. The Hall–Kier alpha value is -4.43. The minimum atomic E-state index is -1.25. The molecule has 7 rings (SSSR count). The van der Waals surface area contributed by atoms with Crippen LogP contribution < -0.4 is 11.2 Å². The molecule has 0 radical (unpaired) electrons. The number of carbonyl (C=O) groups excluding carboxylic acids is 3. The normalized spacial score (nSPS) is 37.2. The molecule has 6 aliphatic rings. The molecule has 16 nitrogen and oxygen atoms in total. The first-order chi connectivity index (χ1) is 31.6. The summed E-state index contributed by atoms with van der Waals surface area (Å²) in [5.74, 6) is -0.731. The third kappa shape index (κ3) is 8.76. The first-order valence-electron chi connectivity index (χ1n) is 25.0. The van der Waals surface area contributed by atoms with Gasteiger partial charge < -0.3 is 24.1 Å². The van der Waals surface area contributed by atoms with Gasteiger partial charge in [-0.05, 0) is 157 Å². The van der Waals surface area contributed by atoms with E-state index in [1.54, 1.807) is 34.6 Å². The van der Waals surface area contributed by atoms with Gasteiger partial charge in [-0.3, -0.25) is 33.5 Å². The molecular weight excluding hydrogens is 871 g/mol. The number of rotatable bonds is 14. The van der Waals surface area contributed by atoms with Gasteiger partial charge in [-0.15, -0.1) is 0 Å². The maximum absolute atomic E-state index is 13.8. The van der Waals surface area contributed by atoms with Crippen molar-refractivity contribution < 1.29 is 43.2 Å². The van der Waals surface area contributed by atoms with Gasteiger partial charge in [0.05, 0.1) is 36.3 Å².